The van der Waals surface area contributed by atoms with E-state index >= 15 is 0 Å². The lowest BCUT2D eigenvalue weighted by molar-refractivity contribution is -0.179. The molecule has 1 atom stereocenters. The number of halogens is 5. The number of alkyl halides is 4. The summed E-state index contributed by atoms with van der Waals surface area (Å²) in [7, 11) is 0. The molecule has 3 rings (SSSR count). The molecule has 1 fully saturated rings. The van der Waals surface area contributed by atoms with Gasteiger partial charge in [0.15, 0.2) is 0 Å². The normalized spacial score (nSPS) is 20.6. The number of carbonyl (C=O) groups is 1. The van der Waals surface area contributed by atoms with Crippen LogP contribution < -0.4 is 0 Å². The summed E-state index contributed by atoms with van der Waals surface area (Å²) in [6, 6.07) is 11.1. The average molecular weight is 400 g/mol. The molecule has 1 aliphatic rings. The van der Waals surface area contributed by atoms with E-state index in [1.165, 1.54) is 18.2 Å². The van der Waals surface area contributed by atoms with Crippen LogP contribution in [-0.4, -0.2) is 22.8 Å². The van der Waals surface area contributed by atoms with Gasteiger partial charge in [0.25, 0.3) is 0 Å². The SMILES string of the molecule is C=C1N(C(=O)OCc2ccccc2)C(c2cccc(Cl)c2)C(F)(F)C1(F)F. The van der Waals surface area contributed by atoms with Gasteiger partial charge in [-0.3, -0.25) is 4.90 Å². The lowest BCUT2D eigenvalue weighted by Crippen LogP contribution is -2.40. The average Bonchev–Trinajstić information content (AvgIpc) is 2.77. The van der Waals surface area contributed by atoms with E-state index in [-0.39, 0.29) is 22.1 Å². The molecule has 1 heterocycles. The van der Waals surface area contributed by atoms with E-state index in [1.807, 2.05) is 0 Å². The maximum absolute atomic E-state index is 14.5. The predicted octanol–water partition coefficient (Wildman–Crippen LogP) is 5.82. The maximum atomic E-state index is 14.5. The molecule has 2 aromatic carbocycles. The Kier molecular flexibility index (Phi) is 4.90. The largest absolute Gasteiger partial charge is 0.444 e. The number of amides is 1. The molecule has 1 saturated heterocycles. The van der Waals surface area contributed by atoms with Crippen LogP contribution in [0.4, 0.5) is 22.4 Å². The van der Waals surface area contributed by atoms with Crippen molar-refractivity contribution in [2.45, 2.75) is 24.5 Å². The summed E-state index contributed by atoms with van der Waals surface area (Å²) < 4.78 is 62.4. The van der Waals surface area contributed by atoms with Crippen molar-refractivity contribution in [2.75, 3.05) is 0 Å². The van der Waals surface area contributed by atoms with Gasteiger partial charge in [-0.1, -0.05) is 60.6 Å². The fraction of sp³-hybridized carbons (Fsp3) is 0.211. The first-order valence-electron chi connectivity index (χ1n) is 7.86. The Balaban J connectivity index is 1.95. The topological polar surface area (TPSA) is 29.5 Å². The fourth-order valence-electron chi connectivity index (χ4n) is 2.87. The van der Waals surface area contributed by atoms with Gasteiger partial charge in [-0.05, 0) is 23.3 Å². The minimum Gasteiger partial charge on any atom is -0.444 e. The Morgan fingerprint density at radius 2 is 1.78 bits per heavy atom. The molecule has 0 radical (unpaired) electrons. The molecular formula is C19H14ClF4NO2. The number of hydrogen-bond acceptors (Lipinski definition) is 2. The zero-order valence-corrected chi connectivity index (χ0v) is 14.6. The zero-order valence-electron chi connectivity index (χ0n) is 13.8. The molecule has 1 aliphatic heterocycles. The summed E-state index contributed by atoms with van der Waals surface area (Å²) in [5, 5.41) is 0.0710. The third-order valence-electron chi connectivity index (χ3n) is 4.24. The lowest BCUT2D eigenvalue weighted by Gasteiger charge is -2.26. The number of benzene rings is 2. The van der Waals surface area contributed by atoms with Gasteiger partial charge >= 0.3 is 17.9 Å². The number of likely N-dealkylation sites (tertiary alicyclic amines) is 1. The highest BCUT2D eigenvalue weighted by Crippen LogP contribution is 2.58. The predicted molar refractivity (Wildman–Crippen MR) is 91.7 cm³/mol. The highest BCUT2D eigenvalue weighted by Gasteiger charge is 2.73. The van der Waals surface area contributed by atoms with Crippen molar-refractivity contribution in [2.24, 2.45) is 0 Å². The van der Waals surface area contributed by atoms with Gasteiger partial charge in [0.1, 0.15) is 12.6 Å². The van der Waals surface area contributed by atoms with Gasteiger partial charge in [0.05, 0.1) is 5.70 Å². The Bertz CT molecular complexity index is 873. The van der Waals surface area contributed by atoms with Crippen LogP contribution in [0.3, 0.4) is 0 Å². The third kappa shape index (κ3) is 3.27. The molecule has 0 saturated carbocycles. The van der Waals surface area contributed by atoms with Gasteiger partial charge < -0.3 is 4.74 Å². The van der Waals surface area contributed by atoms with E-state index in [1.54, 1.807) is 30.3 Å². The second-order valence-corrected chi connectivity index (χ2v) is 6.45. The minimum absolute atomic E-state index is 0.0710. The molecule has 142 valence electrons. The smallest absolute Gasteiger partial charge is 0.415 e. The van der Waals surface area contributed by atoms with Crippen molar-refractivity contribution in [3.8, 4) is 0 Å². The zero-order chi connectivity index (χ0) is 19.8. The molecule has 2 aromatic rings. The quantitative estimate of drug-likeness (QED) is 0.609. The standard InChI is InChI=1S/C19H14ClF4NO2/c1-12-18(21,22)19(23,24)16(14-8-5-9-15(20)10-14)25(12)17(26)27-11-13-6-3-2-4-7-13/h2-10,16H,1,11H2. The number of ether oxygens (including phenoxy) is 1. The summed E-state index contributed by atoms with van der Waals surface area (Å²) in [6.45, 7) is 2.76. The molecule has 1 unspecified atom stereocenters. The van der Waals surface area contributed by atoms with Crippen LogP contribution in [0.2, 0.25) is 5.02 Å². The van der Waals surface area contributed by atoms with Crippen molar-refractivity contribution in [1.82, 2.24) is 4.90 Å². The maximum Gasteiger partial charge on any atom is 0.415 e. The molecule has 0 aromatic heterocycles. The van der Waals surface area contributed by atoms with Crippen molar-refractivity contribution in [3.05, 3.63) is 83.0 Å². The van der Waals surface area contributed by atoms with E-state index in [0.29, 0.717) is 5.56 Å². The van der Waals surface area contributed by atoms with Gasteiger partial charge in [0.2, 0.25) is 0 Å². The number of allylic oxidation sites excluding steroid dienone is 1. The second kappa shape index (κ2) is 6.88. The number of nitrogens with zero attached hydrogens (tertiary/aromatic N) is 1. The van der Waals surface area contributed by atoms with Gasteiger partial charge in [-0.25, -0.2) is 4.79 Å². The van der Waals surface area contributed by atoms with Gasteiger partial charge in [-0.15, -0.1) is 0 Å². The monoisotopic (exact) mass is 399 g/mol. The first kappa shape index (κ1) is 19.2. The van der Waals surface area contributed by atoms with Crippen LogP contribution in [0.5, 0.6) is 0 Å². The highest BCUT2D eigenvalue weighted by atomic mass is 35.5. The molecule has 1 amide bonds. The van der Waals surface area contributed by atoms with E-state index < -0.39 is 29.7 Å². The summed E-state index contributed by atoms with van der Waals surface area (Å²) in [6.07, 6.45) is -1.34. The van der Waals surface area contributed by atoms with Crippen LogP contribution in [0, 0.1) is 0 Å². The summed E-state index contributed by atoms with van der Waals surface area (Å²) in [5.41, 5.74) is -0.994. The Morgan fingerprint density at radius 1 is 1.11 bits per heavy atom. The molecule has 3 nitrogen and oxygen atoms in total. The van der Waals surface area contributed by atoms with Crippen LogP contribution in [0.15, 0.2) is 66.9 Å². The molecular weight excluding hydrogens is 386 g/mol. The van der Waals surface area contributed by atoms with Gasteiger partial charge in [-0.2, -0.15) is 17.6 Å². The number of carbonyl (C=O) groups excluding carboxylic acids is 1. The minimum atomic E-state index is -4.62. The van der Waals surface area contributed by atoms with Crippen molar-refractivity contribution < 1.29 is 27.1 Å². The molecule has 0 spiro atoms. The highest BCUT2D eigenvalue weighted by molar-refractivity contribution is 6.30. The Morgan fingerprint density at radius 3 is 2.41 bits per heavy atom. The number of rotatable bonds is 3. The molecule has 0 bridgehead atoms. The Hall–Kier alpha value is -2.54. The second-order valence-electron chi connectivity index (χ2n) is 6.01. The van der Waals surface area contributed by atoms with Crippen LogP contribution in [0.25, 0.3) is 0 Å². The lowest BCUT2D eigenvalue weighted by atomic mass is 10.00. The molecule has 0 N–H and O–H groups in total. The van der Waals surface area contributed by atoms with Crippen LogP contribution in [-0.2, 0) is 11.3 Å². The first-order chi connectivity index (χ1) is 12.7. The fourth-order valence-corrected chi connectivity index (χ4v) is 3.07. The van der Waals surface area contributed by atoms with Crippen LogP contribution >= 0.6 is 11.6 Å². The molecule has 27 heavy (non-hydrogen) atoms. The summed E-state index contributed by atoms with van der Waals surface area (Å²) in [4.78, 5) is 12.6. The van der Waals surface area contributed by atoms with Crippen molar-refractivity contribution >= 4 is 17.7 Å². The van der Waals surface area contributed by atoms with Gasteiger partial charge in [0, 0.05) is 5.02 Å². The van der Waals surface area contributed by atoms with E-state index in [4.69, 9.17) is 16.3 Å². The van der Waals surface area contributed by atoms with E-state index in [9.17, 15) is 22.4 Å². The van der Waals surface area contributed by atoms with E-state index in [2.05, 4.69) is 6.58 Å². The van der Waals surface area contributed by atoms with Crippen molar-refractivity contribution in [3.63, 3.8) is 0 Å². The first-order valence-corrected chi connectivity index (χ1v) is 8.24. The summed E-state index contributed by atoms with van der Waals surface area (Å²) >= 11 is 5.80. The van der Waals surface area contributed by atoms with Crippen LogP contribution in [0.1, 0.15) is 17.2 Å². The van der Waals surface area contributed by atoms with Crippen molar-refractivity contribution in [1.29, 1.82) is 0 Å². The Labute approximate surface area is 157 Å². The number of hydrogen-bond donors (Lipinski definition) is 0. The molecule has 8 heteroatoms. The summed E-state index contributed by atoms with van der Waals surface area (Å²) in [5.74, 6) is -9.20. The molecule has 0 aliphatic carbocycles. The third-order valence-corrected chi connectivity index (χ3v) is 4.47. The van der Waals surface area contributed by atoms with E-state index in [0.717, 1.165) is 6.07 Å².